The molecule has 0 aliphatic carbocycles. The first kappa shape index (κ1) is 22.5. The first-order valence-corrected chi connectivity index (χ1v) is 12.8. The molecule has 1 aromatic heterocycles. The predicted octanol–water partition coefficient (Wildman–Crippen LogP) is 5.10. The van der Waals surface area contributed by atoms with Crippen molar-refractivity contribution in [1.82, 2.24) is 9.55 Å². The number of nitrogens with zero attached hydrogens (tertiary/aromatic N) is 4. The molecule has 0 bridgehead atoms. The minimum atomic E-state index is -0.0720. The summed E-state index contributed by atoms with van der Waals surface area (Å²) in [6.45, 7) is 3.62. The lowest BCUT2D eigenvalue weighted by molar-refractivity contribution is -0.119. The molecule has 0 radical (unpaired) electrons. The van der Waals surface area contributed by atoms with Crippen LogP contribution in [0.15, 0.2) is 72.8 Å². The number of hydrogen-bond acceptors (Lipinski definition) is 3. The van der Waals surface area contributed by atoms with E-state index in [2.05, 4.69) is 25.1 Å². The molecule has 2 amide bonds. The highest BCUT2D eigenvalue weighted by Crippen LogP contribution is 2.34. The Labute approximate surface area is 211 Å². The second-order valence-corrected chi connectivity index (χ2v) is 9.75. The van der Waals surface area contributed by atoms with Crippen LogP contribution in [0.1, 0.15) is 42.6 Å². The van der Waals surface area contributed by atoms with Crippen LogP contribution >= 0.6 is 0 Å². The fourth-order valence-electron chi connectivity index (χ4n) is 5.63. The topological polar surface area (TPSA) is 58.4 Å². The highest BCUT2D eigenvalue weighted by atomic mass is 16.2. The molecule has 0 N–H and O–H groups in total. The monoisotopic (exact) mass is 478 g/mol. The molecule has 1 atom stereocenters. The van der Waals surface area contributed by atoms with E-state index in [-0.39, 0.29) is 24.3 Å². The third kappa shape index (κ3) is 3.96. The fourth-order valence-corrected chi connectivity index (χ4v) is 5.63. The van der Waals surface area contributed by atoms with Crippen molar-refractivity contribution < 1.29 is 9.59 Å². The highest BCUT2D eigenvalue weighted by molar-refractivity contribution is 5.97. The Morgan fingerprint density at radius 3 is 2.61 bits per heavy atom. The van der Waals surface area contributed by atoms with Crippen LogP contribution in [0.5, 0.6) is 0 Å². The summed E-state index contributed by atoms with van der Waals surface area (Å²) in [5.74, 6) is 0.898. The van der Waals surface area contributed by atoms with E-state index in [0.717, 1.165) is 54.0 Å². The minimum Gasteiger partial charge on any atom is -0.318 e. The summed E-state index contributed by atoms with van der Waals surface area (Å²) in [6, 6.07) is 24.3. The van der Waals surface area contributed by atoms with Crippen LogP contribution in [0.4, 0.5) is 11.4 Å². The van der Waals surface area contributed by atoms with Crippen molar-refractivity contribution in [1.29, 1.82) is 0 Å². The maximum atomic E-state index is 13.6. The Morgan fingerprint density at radius 1 is 1.00 bits per heavy atom. The summed E-state index contributed by atoms with van der Waals surface area (Å²) in [4.78, 5) is 35.4. The Balaban J connectivity index is 1.32. The van der Waals surface area contributed by atoms with Crippen LogP contribution in [0.2, 0.25) is 0 Å². The number of para-hydroxylation sites is 3. The quantitative estimate of drug-likeness (QED) is 0.401. The molecule has 1 fully saturated rings. The van der Waals surface area contributed by atoms with Gasteiger partial charge in [-0.3, -0.25) is 9.59 Å². The summed E-state index contributed by atoms with van der Waals surface area (Å²) in [5.41, 5.74) is 6.20. The minimum absolute atomic E-state index is 0.0582. The summed E-state index contributed by atoms with van der Waals surface area (Å²) in [7, 11) is 0. The SMILES string of the molecule is CCc1ccc(N2CC(c3nc4ccccc4n3CC(=O)N3CCCc4ccccc43)CC2=O)cc1. The van der Waals surface area contributed by atoms with E-state index in [1.165, 1.54) is 11.1 Å². The van der Waals surface area contributed by atoms with E-state index in [4.69, 9.17) is 4.98 Å². The lowest BCUT2D eigenvalue weighted by Crippen LogP contribution is -2.38. The van der Waals surface area contributed by atoms with Crippen molar-refractivity contribution in [3.8, 4) is 0 Å². The third-order valence-electron chi connectivity index (χ3n) is 7.54. The molecule has 2 aliphatic rings. The van der Waals surface area contributed by atoms with Crippen molar-refractivity contribution in [3.05, 3.63) is 89.7 Å². The molecular weight excluding hydrogens is 448 g/mol. The Morgan fingerprint density at radius 2 is 1.78 bits per heavy atom. The van der Waals surface area contributed by atoms with E-state index in [9.17, 15) is 9.59 Å². The highest BCUT2D eigenvalue weighted by Gasteiger charge is 2.35. The number of aromatic nitrogens is 2. The molecule has 0 spiro atoms. The number of amides is 2. The molecule has 3 heterocycles. The van der Waals surface area contributed by atoms with Gasteiger partial charge in [0.2, 0.25) is 11.8 Å². The van der Waals surface area contributed by atoms with Gasteiger partial charge in [-0.05, 0) is 60.7 Å². The second kappa shape index (κ2) is 9.26. The van der Waals surface area contributed by atoms with E-state index < -0.39 is 0 Å². The van der Waals surface area contributed by atoms with Crippen LogP contribution < -0.4 is 9.80 Å². The van der Waals surface area contributed by atoms with Gasteiger partial charge in [0.1, 0.15) is 12.4 Å². The standard InChI is InChI=1S/C30H30N4O2/c1-2-21-13-15-24(16-14-21)33-19-23(18-28(33)35)30-31-25-10-4-6-12-27(25)34(30)20-29(36)32-17-7-9-22-8-3-5-11-26(22)32/h3-6,8,10-16,23H,2,7,9,17-20H2,1H3. The number of imidazole rings is 1. The van der Waals surface area contributed by atoms with Crippen molar-refractivity contribution in [2.75, 3.05) is 22.9 Å². The molecule has 4 aromatic rings. The maximum absolute atomic E-state index is 13.6. The largest absolute Gasteiger partial charge is 0.318 e. The lowest BCUT2D eigenvalue weighted by Gasteiger charge is -2.30. The van der Waals surface area contributed by atoms with Crippen LogP contribution in [0, 0.1) is 0 Å². The average Bonchev–Trinajstić information content (AvgIpc) is 3.48. The fraction of sp³-hybridized carbons (Fsp3) is 0.300. The number of aryl methyl sites for hydroxylation is 2. The van der Waals surface area contributed by atoms with Crippen LogP contribution in [-0.2, 0) is 29.0 Å². The Kier molecular flexibility index (Phi) is 5.80. The zero-order valence-corrected chi connectivity index (χ0v) is 20.6. The predicted molar refractivity (Wildman–Crippen MR) is 142 cm³/mol. The van der Waals surface area contributed by atoms with Crippen LogP contribution in [0.3, 0.4) is 0 Å². The number of carbonyl (C=O) groups excluding carboxylic acids is 2. The molecule has 6 nitrogen and oxygen atoms in total. The lowest BCUT2D eigenvalue weighted by atomic mass is 10.0. The summed E-state index contributed by atoms with van der Waals surface area (Å²) >= 11 is 0. The van der Waals surface area contributed by atoms with Gasteiger partial charge in [0.25, 0.3) is 0 Å². The Hall–Kier alpha value is -3.93. The smallest absolute Gasteiger partial charge is 0.246 e. The molecule has 1 saturated heterocycles. The number of rotatable bonds is 5. The first-order valence-electron chi connectivity index (χ1n) is 12.8. The van der Waals surface area contributed by atoms with Crippen molar-refractivity contribution in [2.24, 2.45) is 0 Å². The number of fused-ring (bicyclic) bond motifs is 2. The molecule has 6 heteroatoms. The van der Waals surface area contributed by atoms with E-state index >= 15 is 0 Å². The van der Waals surface area contributed by atoms with Crippen LogP contribution in [-0.4, -0.2) is 34.5 Å². The zero-order valence-electron chi connectivity index (χ0n) is 20.6. The van der Waals surface area contributed by atoms with Gasteiger partial charge in [-0.25, -0.2) is 4.98 Å². The Bertz CT molecular complexity index is 1440. The van der Waals surface area contributed by atoms with E-state index in [0.29, 0.717) is 13.0 Å². The zero-order chi connectivity index (χ0) is 24.6. The van der Waals surface area contributed by atoms with Gasteiger partial charge in [0.05, 0.1) is 11.0 Å². The van der Waals surface area contributed by atoms with Crippen molar-refractivity contribution in [2.45, 2.75) is 45.1 Å². The van der Waals surface area contributed by atoms with Crippen molar-refractivity contribution in [3.63, 3.8) is 0 Å². The number of benzene rings is 3. The van der Waals surface area contributed by atoms with E-state index in [1.807, 2.05) is 69.0 Å². The molecule has 182 valence electrons. The van der Waals surface area contributed by atoms with E-state index in [1.54, 1.807) is 0 Å². The number of hydrogen-bond donors (Lipinski definition) is 0. The van der Waals surface area contributed by atoms with Gasteiger partial charge in [0.15, 0.2) is 0 Å². The average molecular weight is 479 g/mol. The van der Waals surface area contributed by atoms with Gasteiger partial charge in [-0.2, -0.15) is 0 Å². The molecule has 6 rings (SSSR count). The number of anilines is 2. The molecule has 0 saturated carbocycles. The molecule has 36 heavy (non-hydrogen) atoms. The van der Waals surface area contributed by atoms with Crippen LogP contribution in [0.25, 0.3) is 11.0 Å². The van der Waals surface area contributed by atoms with Gasteiger partial charge in [0, 0.05) is 36.8 Å². The van der Waals surface area contributed by atoms with Gasteiger partial charge < -0.3 is 14.4 Å². The van der Waals surface area contributed by atoms with Gasteiger partial charge >= 0.3 is 0 Å². The molecule has 2 aliphatic heterocycles. The summed E-state index contributed by atoms with van der Waals surface area (Å²) in [5, 5.41) is 0. The number of carbonyl (C=O) groups is 2. The third-order valence-corrected chi connectivity index (χ3v) is 7.54. The summed E-state index contributed by atoms with van der Waals surface area (Å²) < 4.78 is 2.04. The normalized spacial score (nSPS) is 17.6. The first-order chi connectivity index (χ1) is 17.6. The maximum Gasteiger partial charge on any atom is 0.246 e. The summed E-state index contributed by atoms with van der Waals surface area (Å²) in [6.07, 6.45) is 3.32. The van der Waals surface area contributed by atoms with Gasteiger partial charge in [-0.1, -0.05) is 49.4 Å². The van der Waals surface area contributed by atoms with Gasteiger partial charge in [-0.15, -0.1) is 0 Å². The molecular formula is C30H30N4O2. The molecule has 3 aromatic carbocycles. The second-order valence-electron chi connectivity index (χ2n) is 9.75. The molecule has 1 unspecified atom stereocenters. The van der Waals surface area contributed by atoms with Crippen molar-refractivity contribution >= 4 is 34.2 Å².